The van der Waals surface area contributed by atoms with Gasteiger partial charge in [-0.25, -0.2) is 0 Å². The van der Waals surface area contributed by atoms with E-state index < -0.39 is 0 Å². The summed E-state index contributed by atoms with van der Waals surface area (Å²) in [4.78, 5) is 3.85. The molecule has 42 valence electrons. The van der Waals surface area contributed by atoms with Crippen LogP contribution in [0.2, 0.25) is 0 Å². The summed E-state index contributed by atoms with van der Waals surface area (Å²) in [6.07, 6.45) is 1.74. The third-order valence-electron chi connectivity index (χ3n) is 0.568. The second-order valence-electron chi connectivity index (χ2n) is 0.989. The van der Waals surface area contributed by atoms with Crippen molar-refractivity contribution in [2.24, 2.45) is 4.99 Å². The van der Waals surface area contributed by atoms with E-state index in [0.29, 0.717) is 7.18 Å². The normalized spacial score (nSPS) is 14.6. The lowest BCUT2D eigenvalue weighted by atomic mass is 10.7. The first-order valence-corrected chi connectivity index (χ1v) is 2.09. The number of hydrogen-bond acceptors (Lipinski definition) is 2. The minimum Gasteiger partial charge on any atom is -0.375 e. The fourth-order valence-corrected chi connectivity index (χ4v) is 0.323. The van der Waals surface area contributed by atoms with Crippen molar-refractivity contribution in [3.05, 3.63) is 0 Å². The number of nitrogens with one attached hydrogen (secondary N) is 1. The van der Waals surface area contributed by atoms with Crippen LogP contribution in [0, 0.1) is 0 Å². The van der Waals surface area contributed by atoms with E-state index in [2.05, 4.69) is 10.3 Å². The van der Waals surface area contributed by atoms with Gasteiger partial charge in [-0.3, -0.25) is 9.38 Å². The Labute approximate surface area is 42.4 Å². The first-order chi connectivity index (χ1) is 3.50. The van der Waals surface area contributed by atoms with Crippen LogP contribution in [0.15, 0.2) is 4.99 Å². The van der Waals surface area contributed by atoms with Crippen molar-refractivity contribution in [3.63, 3.8) is 0 Å². The highest BCUT2D eigenvalue weighted by molar-refractivity contribution is 5.56. The van der Waals surface area contributed by atoms with Crippen LogP contribution < -0.4 is 5.32 Å². The maximum absolute atomic E-state index is 9.50. The fourth-order valence-electron chi connectivity index (χ4n) is 0.323. The minimum atomic E-state index is 0.500. The molecule has 2 nitrogen and oxygen atoms in total. The van der Waals surface area contributed by atoms with Gasteiger partial charge in [-0.05, 0) is 0 Å². The molecule has 0 aliphatic carbocycles. The summed E-state index contributed by atoms with van der Waals surface area (Å²) in [6, 6.07) is 0. The van der Waals surface area contributed by atoms with Crippen LogP contribution in [-0.2, 0) is 0 Å². The number of nitrogens with zero attached hydrogens (tertiary/aromatic N) is 1. The number of aliphatic imine (C=N–C) groups is 1. The van der Waals surface area contributed by atoms with E-state index in [1.807, 2.05) is 0 Å². The van der Waals surface area contributed by atoms with Crippen LogP contribution >= 0.6 is 0 Å². The van der Waals surface area contributed by atoms with Gasteiger partial charge in [0.25, 0.3) is 0 Å². The van der Waals surface area contributed by atoms with Gasteiger partial charge >= 0.3 is 0 Å². The maximum Gasteiger partial charge on any atom is 0.0825 e. The van der Waals surface area contributed by atoms with Crippen molar-refractivity contribution in [3.8, 4) is 0 Å². The second-order valence-corrected chi connectivity index (χ2v) is 0.989. The zero-order valence-electron chi connectivity index (χ0n) is 4.32. The maximum atomic E-state index is 9.50. The molecule has 0 radical (unpaired) electrons. The molecule has 0 atom stereocenters. The van der Waals surface area contributed by atoms with Crippen LogP contribution in [-0.4, -0.2) is 26.6 Å². The van der Waals surface area contributed by atoms with Crippen LogP contribution in [0.25, 0.3) is 0 Å². The second kappa shape index (κ2) is 5.40. The van der Waals surface area contributed by atoms with E-state index in [9.17, 15) is 4.39 Å². The largest absolute Gasteiger partial charge is 0.375 e. The van der Waals surface area contributed by atoms with Crippen molar-refractivity contribution in [1.29, 1.82) is 0 Å². The van der Waals surface area contributed by atoms with E-state index in [1.54, 1.807) is 6.34 Å². The molecule has 0 unspecified atom stereocenters. The monoisotopic (exact) mass is 104 g/mol. The Bertz CT molecular complexity index is 47.7. The van der Waals surface area contributed by atoms with Crippen molar-refractivity contribution in [2.45, 2.75) is 0 Å². The van der Waals surface area contributed by atoms with Crippen molar-refractivity contribution in [1.82, 2.24) is 5.32 Å². The predicted octanol–water partition coefficient (Wildman–Crippen LogP) is 0.204. The molecule has 0 aromatic carbocycles. The van der Waals surface area contributed by atoms with Gasteiger partial charge in [-0.2, -0.15) is 0 Å². The summed E-state index contributed by atoms with van der Waals surface area (Å²) in [5.74, 6) is 0. The number of alkyl halides is 1. The topological polar surface area (TPSA) is 24.4 Å². The third kappa shape index (κ3) is 3.22. The molecule has 0 amide bonds. The lowest BCUT2D eigenvalue weighted by Gasteiger charge is -1.75. The minimum absolute atomic E-state index is 0.500. The van der Waals surface area contributed by atoms with Crippen molar-refractivity contribution < 1.29 is 4.39 Å². The van der Waals surface area contributed by atoms with E-state index in [-0.39, 0.29) is 0 Å². The van der Waals surface area contributed by atoms with Crippen molar-refractivity contribution in [2.75, 3.05) is 20.3 Å². The molecule has 0 spiro atoms. The molecule has 0 saturated heterocycles. The predicted molar refractivity (Wildman–Crippen MR) is 28.4 cm³/mol. The van der Waals surface area contributed by atoms with Gasteiger partial charge in [-0.1, -0.05) is 0 Å². The summed E-state index contributed by atoms with van der Waals surface area (Å²) < 4.78 is 9.50. The van der Waals surface area contributed by atoms with E-state index >= 15 is 0 Å². The van der Waals surface area contributed by atoms with Gasteiger partial charge in [0.05, 0.1) is 20.1 Å². The Morgan fingerprint density at radius 1 is 1.71 bits per heavy atom. The molecular formula is C4H9FN2. The van der Waals surface area contributed by atoms with E-state index in [0.717, 1.165) is 13.1 Å². The quantitative estimate of drug-likeness (QED) is 0.466. The summed E-state index contributed by atoms with van der Waals surface area (Å²) in [5.41, 5.74) is 0. The summed E-state index contributed by atoms with van der Waals surface area (Å²) in [5, 5.41) is 2.93. The molecule has 1 aliphatic heterocycles. The van der Waals surface area contributed by atoms with Crippen molar-refractivity contribution >= 4 is 6.34 Å². The van der Waals surface area contributed by atoms with Gasteiger partial charge < -0.3 is 5.32 Å². The molecule has 0 aromatic heterocycles. The first-order valence-electron chi connectivity index (χ1n) is 2.09. The zero-order chi connectivity index (χ0) is 5.54. The van der Waals surface area contributed by atoms with Crippen LogP contribution in [0.5, 0.6) is 0 Å². The van der Waals surface area contributed by atoms with Gasteiger partial charge in [0.2, 0.25) is 0 Å². The van der Waals surface area contributed by atoms with Crippen LogP contribution in [0.3, 0.4) is 0 Å². The zero-order valence-corrected chi connectivity index (χ0v) is 4.32. The summed E-state index contributed by atoms with van der Waals surface area (Å²) >= 11 is 0. The summed E-state index contributed by atoms with van der Waals surface area (Å²) in [6.45, 7) is 1.99. The first kappa shape index (κ1) is 6.40. The highest BCUT2D eigenvalue weighted by Gasteiger charge is 1.82. The number of hydrogen-bond donors (Lipinski definition) is 1. The molecule has 1 N–H and O–H groups in total. The smallest absolute Gasteiger partial charge is 0.0825 e. The molecule has 0 fully saturated rings. The third-order valence-corrected chi connectivity index (χ3v) is 0.568. The lowest BCUT2D eigenvalue weighted by molar-refractivity contribution is 0.636. The van der Waals surface area contributed by atoms with Crippen LogP contribution in [0.1, 0.15) is 0 Å². The van der Waals surface area contributed by atoms with Crippen LogP contribution in [0.4, 0.5) is 4.39 Å². The van der Waals surface area contributed by atoms with Gasteiger partial charge in [0.15, 0.2) is 0 Å². The molecule has 1 aliphatic rings. The average Bonchev–Trinajstić information content (AvgIpc) is 2.23. The van der Waals surface area contributed by atoms with E-state index in [1.165, 1.54) is 0 Å². The Morgan fingerprint density at radius 2 is 2.43 bits per heavy atom. The molecule has 0 saturated carbocycles. The Hall–Kier alpha value is -0.600. The lowest BCUT2D eigenvalue weighted by Crippen LogP contribution is -2.04. The van der Waals surface area contributed by atoms with Gasteiger partial charge in [0, 0.05) is 6.54 Å². The number of rotatable bonds is 0. The number of halogens is 1. The Balaban J connectivity index is 0.000000162. The molecular weight excluding hydrogens is 95.1 g/mol. The Kier molecular flexibility index (Phi) is 4.94. The molecule has 3 heteroatoms. The SMILES string of the molecule is C1=NCCN1.CF. The molecule has 1 rings (SSSR count). The molecule has 7 heavy (non-hydrogen) atoms. The van der Waals surface area contributed by atoms with E-state index in [4.69, 9.17) is 0 Å². The average molecular weight is 104 g/mol. The van der Waals surface area contributed by atoms with Gasteiger partial charge in [0.1, 0.15) is 0 Å². The summed E-state index contributed by atoms with van der Waals surface area (Å²) in [7, 11) is 0.500. The highest BCUT2D eigenvalue weighted by Crippen LogP contribution is 1.68. The molecule has 1 heterocycles. The highest BCUT2D eigenvalue weighted by atomic mass is 19.1. The molecule has 0 bridgehead atoms. The molecule has 0 aromatic rings. The van der Waals surface area contributed by atoms with Gasteiger partial charge in [-0.15, -0.1) is 0 Å². The standard InChI is InChI=1S/C3H6N2.CH3F/c1-2-5-3-4-1;1-2/h3H,1-2H2,(H,4,5);1H3. The Morgan fingerprint density at radius 3 is 2.57 bits per heavy atom. The fraction of sp³-hybridized carbons (Fsp3) is 0.750.